The molecule has 0 radical (unpaired) electrons. The van der Waals surface area contributed by atoms with Gasteiger partial charge in [-0.2, -0.15) is 0 Å². The van der Waals surface area contributed by atoms with Crippen molar-refractivity contribution < 1.29 is 33.3 Å². The molecule has 11 heteroatoms. The molecule has 0 unspecified atom stereocenters. The molecule has 10 nitrogen and oxygen atoms in total. The maximum atomic E-state index is 13.6. The van der Waals surface area contributed by atoms with Crippen LogP contribution in [0, 0.1) is 0 Å². The van der Waals surface area contributed by atoms with Gasteiger partial charge in [-0.25, -0.2) is 4.90 Å². The van der Waals surface area contributed by atoms with Gasteiger partial charge in [-0.05, 0) is 72.4 Å². The predicted octanol–water partition coefficient (Wildman–Crippen LogP) is 4.08. The van der Waals surface area contributed by atoms with Crippen LogP contribution in [0.4, 0.5) is 11.4 Å². The van der Waals surface area contributed by atoms with Gasteiger partial charge in [-0.15, -0.1) is 0 Å². The van der Waals surface area contributed by atoms with Crippen molar-refractivity contribution in [3.8, 4) is 23.0 Å². The lowest BCUT2D eigenvalue weighted by atomic mass is 10.0. The fourth-order valence-electron chi connectivity index (χ4n) is 4.01. The van der Waals surface area contributed by atoms with Crippen LogP contribution in [0.25, 0.3) is 6.08 Å². The van der Waals surface area contributed by atoms with E-state index in [1.807, 2.05) is 0 Å². The minimum atomic E-state index is -0.624. The number of ether oxygens (including phenoxy) is 4. The standard InChI is InChI=1S/C29H27N3O7S/c1-17(33)30-20-6-8-21(9-7-20)39-16-19-13-18(5-11-25(19)37-3)14-23-27(34)31-29(40)32(28(23)35)24-15-22(36-2)10-12-26(24)38-4/h5-15H,16H2,1-4H3,(H,30,33)(H,31,34,40). The molecule has 1 heterocycles. The Hall–Kier alpha value is -4.90. The Balaban J connectivity index is 1.61. The lowest BCUT2D eigenvalue weighted by Crippen LogP contribution is -2.54. The topological polar surface area (TPSA) is 115 Å². The second-order valence-electron chi connectivity index (χ2n) is 8.56. The Labute approximate surface area is 236 Å². The average Bonchev–Trinajstić information content (AvgIpc) is 2.94. The molecule has 2 N–H and O–H groups in total. The molecule has 1 fully saturated rings. The highest BCUT2D eigenvalue weighted by Gasteiger charge is 2.36. The summed E-state index contributed by atoms with van der Waals surface area (Å²) in [5, 5.41) is 5.20. The summed E-state index contributed by atoms with van der Waals surface area (Å²) < 4.78 is 22.1. The van der Waals surface area contributed by atoms with Crippen molar-refractivity contribution in [3.05, 3.63) is 77.4 Å². The zero-order valence-electron chi connectivity index (χ0n) is 22.3. The Kier molecular flexibility index (Phi) is 8.65. The summed E-state index contributed by atoms with van der Waals surface area (Å²) in [6.45, 7) is 1.59. The number of hydrogen-bond acceptors (Lipinski definition) is 8. The van der Waals surface area contributed by atoms with E-state index < -0.39 is 11.8 Å². The molecule has 1 saturated heterocycles. The van der Waals surface area contributed by atoms with Gasteiger partial charge in [-0.1, -0.05) is 6.07 Å². The van der Waals surface area contributed by atoms with E-state index in [-0.39, 0.29) is 23.2 Å². The summed E-state index contributed by atoms with van der Waals surface area (Å²) in [6, 6.07) is 17.1. The smallest absolute Gasteiger partial charge is 0.270 e. The Morgan fingerprint density at radius 2 is 1.60 bits per heavy atom. The number of thiocarbonyl (C=S) groups is 1. The molecular formula is C29H27N3O7S. The van der Waals surface area contributed by atoms with Crippen LogP contribution in [0.2, 0.25) is 0 Å². The van der Waals surface area contributed by atoms with Gasteiger partial charge in [-0.3, -0.25) is 19.7 Å². The first-order valence-corrected chi connectivity index (χ1v) is 12.5. The zero-order valence-corrected chi connectivity index (χ0v) is 23.1. The van der Waals surface area contributed by atoms with Crippen LogP contribution < -0.4 is 34.5 Å². The molecule has 0 aromatic heterocycles. The van der Waals surface area contributed by atoms with Gasteiger partial charge in [0.2, 0.25) is 5.91 Å². The van der Waals surface area contributed by atoms with E-state index in [1.54, 1.807) is 60.7 Å². The van der Waals surface area contributed by atoms with E-state index in [0.717, 1.165) is 0 Å². The third-order valence-electron chi connectivity index (χ3n) is 5.91. The number of nitrogens with zero attached hydrogens (tertiary/aromatic N) is 1. The number of hydrogen-bond donors (Lipinski definition) is 2. The molecule has 0 aliphatic carbocycles. The molecule has 3 aromatic rings. The van der Waals surface area contributed by atoms with E-state index in [1.165, 1.54) is 39.2 Å². The maximum absolute atomic E-state index is 13.6. The van der Waals surface area contributed by atoms with Crippen LogP contribution in [0.1, 0.15) is 18.1 Å². The second-order valence-corrected chi connectivity index (χ2v) is 8.95. The van der Waals surface area contributed by atoms with Crippen LogP contribution in [0.3, 0.4) is 0 Å². The van der Waals surface area contributed by atoms with Gasteiger partial charge in [0.05, 0.1) is 27.0 Å². The van der Waals surface area contributed by atoms with E-state index in [9.17, 15) is 14.4 Å². The van der Waals surface area contributed by atoms with Crippen molar-refractivity contribution in [2.45, 2.75) is 13.5 Å². The number of benzene rings is 3. The summed E-state index contributed by atoms with van der Waals surface area (Å²) in [5.41, 5.74) is 2.12. The molecule has 0 atom stereocenters. The van der Waals surface area contributed by atoms with Crippen LogP contribution in [0.15, 0.2) is 66.2 Å². The van der Waals surface area contributed by atoms with Gasteiger partial charge in [0, 0.05) is 24.2 Å². The fraction of sp³-hybridized carbons (Fsp3) is 0.172. The lowest BCUT2D eigenvalue weighted by molar-refractivity contribution is -0.122. The number of carbonyl (C=O) groups is 3. The summed E-state index contributed by atoms with van der Waals surface area (Å²) in [7, 11) is 4.51. The number of rotatable bonds is 9. The minimum Gasteiger partial charge on any atom is -0.497 e. The third-order valence-corrected chi connectivity index (χ3v) is 6.20. The first-order chi connectivity index (χ1) is 19.2. The molecule has 0 spiro atoms. The van der Waals surface area contributed by atoms with Crippen molar-refractivity contribution in [2.24, 2.45) is 0 Å². The molecule has 3 aromatic carbocycles. The van der Waals surface area contributed by atoms with Crippen LogP contribution in [0.5, 0.6) is 23.0 Å². The first-order valence-electron chi connectivity index (χ1n) is 12.0. The van der Waals surface area contributed by atoms with E-state index >= 15 is 0 Å². The number of carbonyl (C=O) groups excluding carboxylic acids is 3. The Morgan fingerprint density at radius 3 is 2.25 bits per heavy atom. The first kappa shape index (κ1) is 28.1. The van der Waals surface area contributed by atoms with Crippen LogP contribution in [-0.4, -0.2) is 44.2 Å². The normalized spacial score (nSPS) is 14.1. The third kappa shape index (κ3) is 6.21. The zero-order chi connectivity index (χ0) is 28.8. The fourth-order valence-corrected chi connectivity index (χ4v) is 4.29. The number of nitrogens with one attached hydrogen (secondary N) is 2. The SMILES string of the molecule is COc1ccc(OC)c(N2C(=O)C(=Cc3ccc(OC)c(COc4ccc(NC(C)=O)cc4)c3)C(=O)NC2=S)c1. The molecule has 0 bridgehead atoms. The molecule has 40 heavy (non-hydrogen) atoms. The molecule has 206 valence electrons. The largest absolute Gasteiger partial charge is 0.497 e. The van der Waals surface area contributed by atoms with Gasteiger partial charge >= 0.3 is 0 Å². The summed E-state index contributed by atoms with van der Waals surface area (Å²) in [5.74, 6) is 0.606. The monoisotopic (exact) mass is 561 g/mol. The van der Waals surface area contributed by atoms with E-state index in [0.29, 0.717) is 45.5 Å². The van der Waals surface area contributed by atoms with Crippen molar-refractivity contribution in [1.29, 1.82) is 0 Å². The van der Waals surface area contributed by atoms with Crippen LogP contribution in [-0.2, 0) is 21.0 Å². The molecule has 1 aliphatic rings. The minimum absolute atomic E-state index is 0.0768. The van der Waals surface area contributed by atoms with Crippen LogP contribution >= 0.6 is 12.2 Å². The predicted molar refractivity (Wildman–Crippen MR) is 154 cm³/mol. The molecule has 4 rings (SSSR count). The molecule has 0 saturated carbocycles. The highest BCUT2D eigenvalue weighted by Crippen LogP contribution is 2.35. The van der Waals surface area contributed by atoms with Crippen molar-refractivity contribution in [2.75, 3.05) is 31.5 Å². The quantitative estimate of drug-likeness (QED) is 0.228. The van der Waals surface area contributed by atoms with Gasteiger partial charge in [0.1, 0.15) is 35.2 Å². The number of methoxy groups -OCH3 is 3. The summed E-state index contributed by atoms with van der Waals surface area (Å²) >= 11 is 5.33. The maximum Gasteiger partial charge on any atom is 0.270 e. The Bertz CT molecular complexity index is 1500. The molecule has 3 amide bonds. The Morgan fingerprint density at radius 1 is 0.925 bits per heavy atom. The summed E-state index contributed by atoms with van der Waals surface area (Å²) in [6.07, 6.45) is 1.48. The second kappa shape index (κ2) is 12.3. The molecule has 1 aliphatic heterocycles. The van der Waals surface area contributed by atoms with E-state index in [2.05, 4.69) is 10.6 Å². The molecular weight excluding hydrogens is 534 g/mol. The summed E-state index contributed by atoms with van der Waals surface area (Å²) in [4.78, 5) is 38.8. The van der Waals surface area contributed by atoms with Gasteiger partial charge in [0.25, 0.3) is 11.8 Å². The van der Waals surface area contributed by atoms with Crippen molar-refractivity contribution >= 4 is 52.5 Å². The number of amides is 3. The van der Waals surface area contributed by atoms with Gasteiger partial charge < -0.3 is 24.3 Å². The number of anilines is 2. The lowest BCUT2D eigenvalue weighted by Gasteiger charge is -2.30. The highest BCUT2D eigenvalue weighted by molar-refractivity contribution is 7.80. The van der Waals surface area contributed by atoms with Gasteiger partial charge in [0.15, 0.2) is 5.11 Å². The highest BCUT2D eigenvalue weighted by atomic mass is 32.1. The van der Waals surface area contributed by atoms with Crippen molar-refractivity contribution in [3.63, 3.8) is 0 Å². The van der Waals surface area contributed by atoms with Crippen molar-refractivity contribution in [1.82, 2.24) is 5.32 Å². The van der Waals surface area contributed by atoms with E-state index in [4.69, 9.17) is 31.2 Å². The average molecular weight is 562 g/mol.